The van der Waals surface area contributed by atoms with Gasteiger partial charge in [0.1, 0.15) is 11.4 Å². The standard InChI is InChI=1S/C15H25N3O/c1-5-9-16-13-10-12(11-7-8-11)17-14(18-13)15(3,6-2)19-4/h10-11H,5-9H2,1-4H3,(H,16,17,18). The number of nitrogens with one attached hydrogen (secondary N) is 1. The van der Waals surface area contributed by atoms with Crippen molar-refractivity contribution in [2.24, 2.45) is 0 Å². The number of aromatic nitrogens is 2. The van der Waals surface area contributed by atoms with Gasteiger partial charge in [-0.25, -0.2) is 9.97 Å². The second-order valence-corrected chi connectivity index (χ2v) is 5.49. The van der Waals surface area contributed by atoms with Gasteiger partial charge in [0.05, 0.1) is 0 Å². The Morgan fingerprint density at radius 1 is 1.37 bits per heavy atom. The quantitative estimate of drug-likeness (QED) is 0.818. The van der Waals surface area contributed by atoms with E-state index in [1.54, 1.807) is 7.11 Å². The monoisotopic (exact) mass is 263 g/mol. The molecule has 0 spiro atoms. The van der Waals surface area contributed by atoms with Crippen LogP contribution in [0.5, 0.6) is 0 Å². The Hall–Kier alpha value is -1.16. The van der Waals surface area contributed by atoms with Crippen LogP contribution in [0.2, 0.25) is 0 Å². The van der Waals surface area contributed by atoms with Gasteiger partial charge in [0.25, 0.3) is 0 Å². The minimum atomic E-state index is -0.395. The van der Waals surface area contributed by atoms with Gasteiger partial charge in [-0.3, -0.25) is 0 Å². The summed E-state index contributed by atoms with van der Waals surface area (Å²) in [5.74, 6) is 2.37. The topological polar surface area (TPSA) is 47.0 Å². The van der Waals surface area contributed by atoms with Crippen molar-refractivity contribution in [3.8, 4) is 0 Å². The summed E-state index contributed by atoms with van der Waals surface area (Å²) in [7, 11) is 1.73. The second kappa shape index (κ2) is 5.87. The third kappa shape index (κ3) is 3.24. The summed E-state index contributed by atoms with van der Waals surface area (Å²) < 4.78 is 5.63. The average Bonchev–Trinajstić information content (AvgIpc) is 3.28. The molecule has 1 atom stereocenters. The van der Waals surface area contributed by atoms with Crippen LogP contribution in [0.25, 0.3) is 0 Å². The van der Waals surface area contributed by atoms with Gasteiger partial charge >= 0.3 is 0 Å². The molecule has 4 heteroatoms. The van der Waals surface area contributed by atoms with Gasteiger partial charge < -0.3 is 10.1 Å². The number of rotatable bonds is 7. The zero-order valence-corrected chi connectivity index (χ0v) is 12.5. The van der Waals surface area contributed by atoms with Gasteiger partial charge in [-0.2, -0.15) is 0 Å². The molecule has 1 aliphatic carbocycles. The van der Waals surface area contributed by atoms with Crippen molar-refractivity contribution < 1.29 is 4.74 Å². The van der Waals surface area contributed by atoms with Crippen LogP contribution in [-0.4, -0.2) is 23.6 Å². The lowest BCUT2D eigenvalue weighted by Crippen LogP contribution is -2.27. The van der Waals surface area contributed by atoms with Gasteiger partial charge in [0, 0.05) is 31.3 Å². The molecule has 106 valence electrons. The highest BCUT2D eigenvalue weighted by molar-refractivity contribution is 5.38. The lowest BCUT2D eigenvalue weighted by molar-refractivity contribution is -0.00903. The number of anilines is 1. The van der Waals surface area contributed by atoms with E-state index < -0.39 is 5.60 Å². The number of hydrogen-bond acceptors (Lipinski definition) is 4. The van der Waals surface area contributed by atoms with Crippen LogP contribution in [0.15, 0.2) is 6.07 Å². The van der Waals surface area contributed by atoms with E-state index in [-0.39, 0.29) is 0 Å². The largest absolute Gasteiger partial charge is 0.371 e. The van der Waals surface area contributed by atoms with Gasteiger partial charge in [-0.15, -0.1) is 0 Å². The molecule has 4 nitrogen and oxygen atoms in total. The van der Waals surface area contributed by atoms with Crippen LogP contribution >= 0.6 is 0 Å². The molecule has 1 aromatic heterocycles. The van der Waals surface area contributed by atoms with Crippen LogP contribution in [0.1, 0.15) is 63.9 Å². The fourth-order valence-electron chi connectivity index (χ4n) is 2.03. The molecule has 2 rings (SSSR count). The van der Waals surface area contributed by atoms with E-state index in [0.717, 1.165) is 31.0 Å². The predicted molar refractivity (Wildman–Crippen MR) is 77.4 cm³/mol. The molecule has 0 saturated heterocycles. The number of methoxy groups -OCH3 is 1. The Morgan fingerprint density at radius 2 is 2.11 bits per heavy atom. The second-order valence-electron chi connectivity index (χ2n) is 5.49. The molecular formula is C15H25N3O. The Bertz CT molecular complexity index is 425. The molecule has 1 aliphatic rings. The normalized spacial score (nSPS) is 18.1. The third-order valence-electron chi connectivity index (χ3n) is 3.90. The molecule has 1 saturated carbocycles. The van der Waals surface area contributed by atoms with E-state index in [9.17, 15) is 0 Å². The SMILES string of the molecule is CCCNc1cc(C2CC2)nc(C(C)(CC)OC)n1. The molecule has 1 unspecified atom stereocenters. The predicted octanol–water partition coefficient (Wildman–Crippen LogP) is 3.45. The Kier molecular flexibility index (Phi) is 4.40. The Labute approximate surface area is 116 Å². The Morgan fingerprint density at radius 3 is 2.63 bits per heavy atom. The zero-order valence-electron chi connectivity index (χ0n) is 12.5. The van der Waals surface area contributed by atoms with Gasteiger partial charge in [-0.1, -0.05) is 13.8 Å². The average molecular weight is 263 g/mol. The summed E-state index contributed by atoms with van der Waals surface area (Å²) in [5.41, 5.74) is 0.772. The van der Waals surface area contributed by atoms with Crippen molar-refractivity contribution in [1.29, 1.82) is 0 Å². The summed E-state index contributed by atoms with van der Waals surface area (Å²) in [6.45, 7) is 7.26. The van der Waals surface area contributed by atoms with Crippen molar-refractivity contribution in [2.75, 3.05) is 19.0 Å². The van der Waals surface area contributed by atoms with E-state index in [0.29, 0.717) is 5.92 Å². The summed E-state index contributed by atoms with van der Waals surface area (Å²) in [5, 5.41) is 3.37. The van der Waals surface area contributed by atoms with Crippen LogP contribution < -0.4 is 5.32 Å². The van der Waals surface area contributed by atoms with E-state index >= 15 is 0 Å². The maximum atomic E-state index is 5.63. The summed E-state index contributed by atoms with van der Waals surface area (Å²) in [4.78, 5) is 9.39. The van der Waals surface area contributed by atoms with E-state index in [4.69, 9.17) is 9.72 Å². The molecule has 1 aromatic rings. The van der Waals surface area contributed by atoms with E-state index in [1.165, 1.54) is 18.5 Å². The van der Waals surface area contributed by atoms with Crippen molar-refractivity contribution in [3.63, 3.8) is 0 Å². The van der Waals surface area contributed by atoms with Gasteiger partial charge in [0.2, 0.25) is 0 Å². The first-order valence-electron chi connectivity index (χ1n) is 7.31. The smallest absolute Gasteiger partial charge is 0.162 e. The number of ether oxygens (including phenoxy) is 1. The van der Waals surface area contributed by atoms with Gasteiger partial charge in [-0.05, 0) is 32.6 Å². The minimum absolute atomic E-state index is 0.395. The molecule has 1 fully saturated rings. The minimum Gasteiger partial charge on any atom is -0.371 e. The molecule has 1 N–H and O–H groups in total. The number of nitrogens with zero attached hydrogens (tertiary/aromatic N) is 2. The lowest BCUT2D eigenvalue weighted by Gasteiger charge is -2.25. The molecule has 0 bridgehead atoms. The maximum absolute atomic E-state index is 5.63. The first-order chi connectivity index (χ1) is 9.12. The molecule has 0 aliphatic heterocycles. The van der Waals surface area contributed by atoms with Crippen LogP contribution in [0, 0.1) is 0 Å². The highest BCUT2D eigenvalue weighted by atomic mass is 16.5. The van der Waals surface area contributed by atoms with Crippen molar-refractivity contribution in [2.45, 2.75) is 58.0 Å². The Balaban J connectivity index is 2.33. The first kappa shape index (κ1) is 14.3. The molecule has 0 amide bonds. The van der Waals surface area contributed by atoms with Crippen molar-refractivity contribution in [3.05, 3.63) is 17.6 Å². The van der Waals surface area contributed by atoms with Crippen molar-refractivity contribution >= 4 is 5.82 Å². The molecule has 19 heavy (non-hydrogen) atoms. The van der Waals surface area contributed by atoms with E-state index in [1.807, 2.05) is 0 Å². The molecule has 0 radical (unpaired) electrons. The zero-order chi connectivity index (χ0) is 13.9. The van der Waals surface area contributed by atoms with Crippen LogP contribution in [0.3, 0.4) is 0 Å². The lowest BCUT2D eigenvalue weighted by atomic mass is 10.0. The fourth-order valence-corrected chi connectivity index (χ4v) is 2.03. The highest BCUT2D eigenvalue weighted by Crippen LogP contribution is 2.40. The van der Waals surface area contributed by atoms with Crippen molar-refractivity contribution in [1.82, 2.24) is 9.97 Å². The highest BCUT2D eigenvalue weighted by Gasteiger charge is 2.31. The number of hydrogen-bond donors (Lipinski definition) is 1. The third-order valence-corrected chi connectivity index (χ3v) is 3.90. The molecular weight excluding hydrogens is 238 g/mol. The van der Waals surface area contributed by atoms with Gasteiger partial charge in [0.15, 0.2) is 5.82 Å². The summed E-state index contributed by atoms with van der Waals surface area (Å²) >= 11 is 0. The van der Waals surface area contributed by atoms with Crippen LogP contribution in [-0.2, 0) is 10.3 Å². The fraction of sp³-hybridized carbons (Fsp3) is 0.733. The molecule has 0 aromatic carbocycles. The first-order valence-corrected chi connectivity index (χ1v) is 7.31. The maximum Gasteiger partial charge on any atom is 0.162 e. The van der Waals surface area contributed by atoms with Crippen LogP contribution in [0.4, 0.5) is 5.82 Å². The van der Waals surface area contributed by atoms with E-state index in [2.05, 4.69) is 37.1 Å². The molecule has 1 heterocycles. The summed E-state index contributed by atoms with van der Waals surface area (Å²) in [6, 6.07) is 2.10. The summed E-state index contributed by atoms with van der Waals surface area (Å²) in [6.07, 6.45) is 4.46.